The van der Waals surface area contributed by atoms with Crippen molar-refractivity contribution in [2.75, 3.05) is 24.6 Å². The van der Waals surface area contributed by atoms with E-state index in [9.17, 15) is 9.90 Å². The highest BCUT2D eigenvalue weighted by molar-refractivity contribution is 5.92. The van der Waals surface area contributed by atoms with Crippen LogP contribution in [-0.2, 0) is 4.74 Å². The Bertz CT molecular complexity index is 870. The Hall–Kier alpha value is -2.58. The van der Waals surface area contributed by atoms with Crippen LogP contribution in [0.1, 0.15) is 42.4 Å². The van der Waals surface area contributed by atoms with Crippen molar-refractivity contribution in [1.82, 2.24) is 20.3 Å². The number of hydrogen-bond donors (Lipinski definition) is 2. The summed E-state index contributed by atoms with van der Waals surface area (Å²) in [7, 11) is 0. The second-order valence-corrected chi connectivity index (χ2v) is 8.16. The Balaban J connectivity index is 1.47. The minimum atomic E-state index is -0.814. The number of aliphatic hydroxyl groups excluding tert-OH is 1. The lowest BCUT2D eigenvalue weighted by Gasteiger charge is -2.53. The number of nitrogens with one attached hydrogen (secondary N) is 1. The summed E-state index contributed by atoms with van der Waals surface area (Å²) in [5.41, 5.74) is -0.187. The number of amides is 1. The third kappa shape index (κ3) is 3.82. The molecule has 4 heterocycles. The van der Waals surface area contributed by atoms with Gasteiger partial charge in [0.1, 0.15) is 23.9 Å². The number of aliphatic hydroxyl groups is 1. The molecule has 2 aromatic heterocycles. The number of ether oxygens (including phenoxy) is 1. The maximum Gasteiger partial charge on any atom is 0.270 e. The Kier molecular flexibility index (Phi) is 5.23. The Morgan fingerprint density at radius 2 is 2.03 bits per heavy atom. The highest BCUT2D eigenvalue weighted by Gasteiger charge is 2.54. The fraction of sp³-hybridized carbons (Fsp3) is 0.524. The fourth-order valence-corrected chi connectivity index (χ4v) is 4.36. The molecule has 2 aliphatic rings. The molecule has 154 valence electrons. The van der Waals surface area contributed by atoms with Gasteiger partial charge in [-0.3, -0.25) is 9.78 Å². The Morgan fingerprint density at radius 3 is 2.72 bits per heavy atom. The predicted octanol–water partition coefficient (Wildman–Crippen LogP) is 1.49. The van der Waals surface area contributed by atoms with E-state index >= 15 is 0 Å². The lowest BCUT2D eigenvalue weighted by Crippen LogP contribution is -2.69. The van der Waals surface area contributed by atoms with Crippen molar-refractivity contribution >= 4 is 11.7 Å². The zero-order chi connectivity index (χ0) is 20.5. The number of piperidine rings is 1. The van der Waals surface area contributed by atoms with E-state index in [1.807, 2.05) is 19.9 Å². The van der Waals surface area contributed by atoms with Crippen LogP contribution in [0.25, 0.3) is 0 Å². The summed E-state index contributed by atoms with van der Waals surface area (Å²) in [6.07, 6.45) is 4.21. The molecule has 2 aromatic rings. The number of hydrogen-bond acceptors (Lipinski definition) is 7. The molecule has 0 bridgehead atoms. The van der Waals surface area contributed by atoms with Gasteiger partial charge < -0.3 is 20.1 Å². The van der Waals surface area contributed by atoms with Gasteiger partial charge >= 0.3 is 0 Å². The smallest absolute Gasteiger partial charge is 0.270 e. The molecule has 2 atom stereocenters. The topological polar surface area (TPSA) is 100 Å². The minimum Gasteiger partial charge on any atom is -0.388 e. The SMILES string of the molecule is Cc1cc(N2CCC3(CC2)OCC[C@](C)(NC(=O)c2ccccn2)[C@H]3O)ncn1. The van der Waals surface area contributed by atoms with Gasteiger partial charge in [0.15, 0.2) is 0 Å². The maximum absolute atomic E-state index is 12.7. The van der Waals surface area contributed by atoms with Crippen LogP contribution in [0, 0.1) is 6.92 Å². The van der Waals surface area contributed by atoms with Crippen molar-refractivity contribution in [1.29, 1.82) is 0 Å². The van der Waals surface area contributed by atoms with Crippen LogP contribution in [0.15, 0.2) is 36.8 Å². The van der Waals surface area contributed by atoms with E-state index in [4.69, 9.17) is 4.74 Å². The van der Waals surface area contributed by atoms with E-state index in [0.717, 1.165) is 24.6 Å². The molecule has 29 heavy (non-hydrogen) atoms. The molecule has 2 fully saturated rings. The van der Waals surface area contributed by atoms with Crippen molar-refractivity contribution < 1.29 is 14.6 Å². The molecule has 2 N–H and O–H groups in total. The first-order chi connectivity index (χ1) is 13.9. The van der Waals surface area contributed by atoms with Gasteiger partial charge in [0.2, 0.25) is 0 Å². The first-order valence-electron chi connectivity index (χ1n) is 10.0. The molecule has 4 rings (SSSR count). The average molecular weight is 397 g/mol. The van der Waals surface area contributed by atoms with Gasteiger partial charge in [0, 0.05) is 37.7 Å². The zero-order valence-electron chi connectivity index (χ0n) is 16.8. The van der Waals surface area contributed by atoms with E-state index in [1.165, 1.54) is 0 Å². The fourth-order valence-electron chi connectivity index (χ4n) is 4.36. The van der Waals surface area contributed by atoms with E-state index < -0.39 is 17.2 Å². The second-order valence-electron chi connectivity index (χ2n) is 8.16. The molecular weight excluding hydrogens is 370 g/mol. The molecule has 0 aromatic carbocycles. The van der Waals surface area contributed by atoms with Gasteiger partial charge in [0.25, 0.3) is 5.91 Å². The monoisotopic (exact) mass is 397 g/mol. The van der Waals surface area contributed by atoms with E-state index in [1.54, 1.807) is 30.7 Å². The number of carbonyl (C=O) groups excluding carboxylic acids is 1. The number of carbonyl (C=O) groups is 1. The van der Waals surface area contributed by atoms with E-state index in [-0.39, 0.29) is 5.91 Å². The van der Waals surface area contributed by atoms with Gasteiger partial charge in [0.05, 0.1) is 11.1 Å². The number of pyridine rings is 1. The highest BCUT2D eigenvalue weighted by Crippen LogP contribution is 2.40. The number of aromatic nitrogens is 3. The molecule has 0 radical (unpaired) electrons. The Morgan fingerprint density at radius 1 is 1.24 bits per heavy atom. The third-order valence-corrected chi connectivity index (χ3v) is 6.13. The molecule has 8 heteroatoms. The first-order valence-corrected chi connectivity index (χ1v) is 10.0. The van der Waals surface area contributed by atoms with E-state index in [0.29, 0.717) is 31.6 Å². The van der Waals surface area contributed by atoms with Crippen molar-refractivity contribution in [2.45, 2.75) is 50.4 Å². The van der Waals surface area contributed by atoms with Gasteiger partial charge in [-0.2, -0.15) is 0 Å². The molecule has 1 amide bonds. The Labute approximate surface area is 170 Å². The summed E-state index contributed by atoms with van der Waals surface area (Å²) in [4.78, 5) is 27.5. The average Bonchev–Trinajstić information content (AvgIpc) is 2.73. The van der Waals surface area contributed by atoms with Crippen LogP contribution in [0.2, 0.25) is 0 Å². The summed E-state index contributed by atoms with van der Waals surface area (Å²) >= 11 is 0. The summed E-state index contributed by atoms with van der Waals surface area (Å²) < 4.78 is 6.13. The van der Waals surface area contributed by atoms with Crippen LogP contribution in [0.3, 0.4) is 0 Å². The molecule has 0 saturated carbocycles. The summed E-state index contributed by atoms with van der Waals surface area (Å²) in [5, 5.41) is 14.3. The zero-order valence-corrected chi connectivity index (χ0v) is 16.8. The molecule has 2 aliphatic heterocycles. The molecule has 2 saturated heterocycles. The highest BCUT2D eigenvalue weighted by atomic mass is 16.5. The van der Waals surface area contributed by atoms with Crippen LogP contribution in [0.5, 0.6) is 0 Å². The molecular formula is C21H27N5O3. The largest absolute Gasteiger partial charge is 0.388 e. The van der Waals surface area contributed by atoms with E-state index in [2.05, 4.69) is 25.2 Å². The minimum absolute atomic E-state index is 0.280. The molecule has 1 spiro atoms. The number of anilines is 1. The van der Waals surface area contributed by atoms with Crippen molar-refractivity contribution in [3.05, 3.63) is 48.2 Å². The van der Waals surface area contributed by atoms with Crippen LogP contribution < -0.4 is 10.2 Å². The predicted molar refractivity (Wildman–Crippen MR) is 108 cm³/mol. The summed E-state index contributed by atoms with van der Waals surface area (Å²) in [6, 6.07) is 7.18. The van der Waals surface area contributed by atoms with Gasteiger partial charge in [-0.15, -0.1) is 0 Å². The molecule has 8 nitrogen and oxygen atoms in total. The van der Waals surface area contributed by atoms with Gasteiger partial charge in [-0.1, -0.05) is 6.07 Å². The normalized spacial score (nSPS) is 26.3. The summed E-state index contributed by atoms with van der Waals surface area (Å²) in [6.45, 7) is 5.77. The summed E-state index contributed by atoms with van der Waals surface area (Å²) in [5.74, 6) is 0.613. The molecule has 0 unspecified atom stereocenters. The standard InChI is InChI=1S/C21H27N5O3/c1-15-13-17(24-14-23-15)26-10-6-21(7-11-26)19(28)20(2,8-12-29-21)25-18(27)16-5-3-4-9-22-16/h3-5,9,13-14,19,28H,6-8,10-12H2,1-2H3,(H,25,27)/t19-,20+/m1/s1. The maximum atomic E-state index is 12.7. The van der Waals surface area contributed by atoms with Crippen molar-refractivity contribution in [3.63, 3.8) is 0 Å². The van der Waals surface area contributed by atoms with Crippen molar-refractivity contribution in [3.8, 4) is 0 Å². The van der Waals surface area contributed by atoms with Crippen LogP contribution in [-0.4, -0.2) is 62.9 Å². The number of nitrogens with zero attached hydrogens (tertiary/aromatic N) is 4. The number of rotatable bonds is 3. The number of aryl methyl sites for hydroxylation is 1. The quantitative estimate of drug-likeness (QED) is 0.809. The van der Waals surface area contributed by atoms with Gasteiger partial charge in [-0.25, -0.2) is 9.97 Å². The van der Waals surface area contributed by atoms with Crippen LogP contribution in [0.4, 0.5) is 5.82 Å². The lowest BCUT2D eigenvalue weighted by molar-refractivity contribution is -0.195. The van der Waals surface area contributed by atoms with Crippen LogP contribution >= 0.6 is 0 Å². The lowest BCUT2D eigenvalue weighted by atomic mass is 9.73. The first kappa shape index (κ1) is 19.7. The third-order valence-electron chi connectivity index (χ3n) is 6.13. The van der Waals surface area contributed by atoms with Gasteiger partial charge in [-0.05, 0) is 45.2 Å². The second kappa shape index (κ2) is 7.68. The molecule has 0 aliphatic carbocycles. The van der Waals surface area contributed by atoms with Crippen molar-refractivity contribution in [2.24, 2.45) is 0 Å².